The summed E-state index contributed by atoms with van der Waals surface area (Å²) < 4.78 is 23.9. The second kappa shape index (κ2) is 10.9. The van der Waals surface area contributed by atoms with Crippen molar-refractivity contribution < 1.29 is 28.8 Å². The highest BCUT2D eigenvalue weighted by Gasteiger charge is 2.35. The Bertz CT molecular complexity index is 1550. The first-order valence-corrected chi connectivity index (χ1v) is 12.5. The third kappa shape index (κ3) is 4.84. The van der Waals surface area contributed by atoms with Gasteiger partial charge in [-0.3, -0.25) is 9.36 Å². The minimum absolute atomic E-state index is 0.00251. The van der Waals surface area contributed by atoms with Crippen molar-refractivity contribution in [3.63, 3.8) is 0 Å². The molecule has 10 heteroatoms. The van der Waals surface area contributed by atoms with Crippen LogP contribution in [0.15, 0.2) is 57.5 Å². The molecule has 0 amide bonds. The maximum Gasteiger partial charge on any atom is 0.338 e. The van der Waals surface area contributed by atoms with Crippen LogP contribution in [0.3, 0.4) is 0 Å². The molecule has 0 radical (unpaired) electrons. The van der Waals surface area contributed by atoms with Gasteiger partial charge in [-0.2, -0.15) is 0 Å². The van der Waals surface area contributed by atoms with Crippen LogP contribution in [0.5, 0.6) is 23.0 Å². The van der Waals surface area contributed by atoms with Crippen molar-refractivity contribution in [2.24, 2.45) is 4.99 Å². The molecule has 194 valence electrons. The van der Waals surface area contributed by atoms with Gasteiger partial charge in [0.15, 0.2) is 27.8 Å². The van der Waals surface area contributed by atoms with Crippen molar-refractivity contribution in [2.75, 3.05) is 27.4 Å². The molecule has 2 heterocycles. The number of hydrogen-bond acceptors (Lipinski definition) is 9. The first-order valence-electron chi connectivity index (χ1n) is 11.7. The van der Waals surface area contributed by atoms with Gasteiger partial charge in [0.1, 0.15) is 6.04 Å². The lowest BCUT2D eigenvalue weighted by Gasteiger charge is -2.26. The van der Waals surface area contributed by atoms with Crippen LogP contribution in [-0.4, -0.2) is 43.1 Å². The summed E-state index contributed by atoms with van der Waals surface area (Å²) in [5, 5.41) is 9.93. The zero-order chi connectivity index (χ0) is 26.7. The van der Waals surface area contributed by atoms with E-state index in [0.717, 1.165) is 0 Å². The molecule has 1 atom stereocenters. The number of carbonyl (C=O) groups excluding carboxylic acids is 1. The van der Waals surface area contributed by atoms with Gasteiger partial charge in [0, 0.05) is 5.56 Å². The number of thiazole rings is 1. The van der Waals surface area contributed by atoms with Gasteiger partial charge in [0.2, 0.25) is 0 Å². The Morgan fingerprint density at radius 3 is 2.57 bits per heavy atom. The predicted octanol–water partition coefficient (Wildman–Crippen LogP) is 2.92. The van der Waals surface area contributed by atoms with Crippen molar-refractivity contribution in [3.8, 4) is 23.0 Å². The summed E-state index contributed by atoms with van der Waals surface area (Å²) in [5.74, 6) is 0.647. The smallest absolute Gasteiger partial charge is 0.338 e. The van der Waals surface area contributed by atoms with Gasteiger partial charge in [-0.1, -0.05) is 29.5 Å². The Labute approximate surface area is 217 Å². The fraction of sp³-hybridized carbons (Fsp3) is 0.296. The Kier molecular flexibility index (Phi) is 7.68. The average molecular weight is 525 g/mol. The summed E-state index contributed by atoms with van der Waals surface area (Å²) in [6.45, 7) is 5.82. The standard InChI is InChI=1S/C27H28N2O7S/c1-6-35-24-17(9-8-10-19(24)33-4)23-22(26(32)36-7-2)15(3)28-27-29(23)25(31)21(37-27)14-16-11-12-18(30)20(13-16)34-5/h8-14,23,30H,6-7H2,1-5H3/b21-14+/t23-/m0/s1. The monoisotopic (exact) mass is 524 g/mol. The summed E-state index contributed by atoms with van der Waals surface area (Å²) in [4.78, 5) is 32.0. The number of fused-ring (bicyclic) bond motifs is 1. The molecule has 0 unspecified atom stereocenters. The molecule has 0 fully saturated rings. The van der Waals surface area contributed by atoms with E-state index in [0.29, 0.717) is 44.3 Å². The van der Waals surface area contributed by atoms with Crippen LogP contribution in [0.2, 0.25) is 0 Å². The van der Waals surface area contributed by atoms with Crippen LogP contribution in [0.1, 0.15) is 37.9 Å². The summed E-state index contributed by atoms with van der Waals surface area (Å²) >= 11 is 1.20. The number of rotatable bonds is 8. The minimum atomic E-state index is -0.844. The number of carbonyl (C=O) groups is 1. The molecular formula is C27H28N2O7S. The van der Waals surface area contributed by atoms with Crippen molar-refractivity contribution in [2.45, 2.75) is 26.8 Å². The Morgan fingerprint density at radius 2 is 1.89 bits per heavy atom. The number of allylic oxidation sites excluding steroid dienone is 1. The fourth-order valence-corrected chi connectivity index (χ4v) is 5.28. The number of aromatic hydroxyl groups is 1. The lowest BCUT2D eigenvalue weighted by molar-refractivity contribution is -0.139. The van der Waals surface area contributed by atoms with E-state index in [-0.39, 0.29) is 29.2 Å². The van der Waals surface area contributed by atoms with E-state index in [1.54, 1.807) is 50.3 Å². The van der Waals surface area contributed by atoms with Gasteiger partial charge >= 0.3 is 5.97 Å². The van der Waals surface area contributed by atoms with Crippen LogP contribution in [0.4, 0.5) is 0 Å². The lowest BCUT2D eigenvalue weighted by atomic mass is 9.94. The summed E-state index contributed by atoms with van der Waals surface area (Å²) in [7, 11) is 2.99. The highest BCUT2D eigenvalue weighted by Crippen LogP contribution is 2.40. The van der Waals surface area contributed by atoms with Crippen molar-refractivity contribution in [1.82, 2.24) is 4.57 Å². The molecule has 9 nitrogen and oxygen atoms in total. The zero-order valence-electron chi connectivity index (χ0n) is 21.2. The summed E-state index contributed by atoms with van der Waals surface area (Å²) in [6.07, 6.45) is 1.70. The predicted molar refractivity (Wildman–Crippen MR) is 139 cm³/mol. The van der Waals surface area contributed by atoms with Gasteiger partial charge < -0.3 is 24.1 Å². The molecule has 37 heavy (non-hydrogen) atoms. The van der Waals surface area contributed by atoms with E-state index in [9.17, 15) is 14.7 Å². The van der Waals surface area contributed by atoms with Crippen LogP contribution in [0.25, 0.3) is 6.08 Å². The van der Waals surface area contributed by atoms with Crippen molar-refractivity contribution in [1.29, 1.82) is 0 Å². The minimum Gasteiger partial charge on any atom is -0.504 e. The number of ether oxygens (including phenoxy) is 4. The number of methoxy groups -OCH3 is 2. The molecule has 0 aliphatic carbocycles. The van der Waals surface area contributed by atoms with Crippen LogP contribution in [0, 0.1) is 0 Å². The largest absolute Gasteiger partial charge is 0.504 e. The lowest BCUT2D eigenvalue weighted by Crippen LogP contribution is -2.40. The number of para-hydroxylation sites is 1. The van der Waals surface area contributed by atoms with Crippen molar-refractivity contribution in [3.05, 3.63) is 78.5 Å². The van der Waals surface area contributed by atoms with E-state index in [1.165, 1.54) is 36.2 Å². The Balaban J connectivity index is 2.01. The van der Waals surface area contributed by atoms with E-state index in [2.05, 4.69) is 4.99 Å². The molecule has 0 spiro atoms. The first-order chi connectivity index (χ1) is 17.8. The van der Waals surface area contributed by atoms with Gasteiger partial charge in [-0.05, 0) is 50.6 Å². The molecule has 0 bridgehead atoms. The number of aromatic nitrogens is 1. The molecule has 1 aromatic heterocycles. The highest BCUT2D eigenvalue weighted by atomic mass is 32.1. The molecule has 0 saturated carbocycles. The Hall–Kier alpha value is -4.05. The number of nitrogens with zero attached hydrogens (tertiary/aromatic N) is 2. The number of hydrogen-bond donors (Lipinski definition) is 1. The molecule has 1 N–H and O–H groups in total. The number of esters is 1. The van der Waals surface area contributed by atoms with E-state index in [4.69, 9.17) is 18.9 Å². The van der Waals surface area contributed by atoms with E-state index in [1.807, 2.05) is 6.92 Å². The van der Waals surface area contributed by atoms with Gasteiger partial charge in [0.05, 0.1) is 43.2 Å². The topological polar surface area (TPSA) is 109 Å². The fourth-order valence-electron chi connectivity index (χ4n) is 4.23. The molecule has 3 aromatic rings. The quantitative estimate of drug-likeness (QED) is 0.452. The zero-order valence-corrected chi connectivity index (χ0v) is 22.0. The van der Waals surface area contributed by atoms with E-state index < -0.39 is 12.0 Å². The number of phenolic OH excluding ortho intramolecular Hbond substituents is 1. The first kappa shape index (κ1) is 26.0. The van der Waals surface area contributed by atoms with Gasteiger partial charge in [-0.15, -0.1) is 0 Å². The maximum absolute atomic E-state index is 13.8. The molecule has 1 aliphatic heterocycles. The maximum atomic E-state index is 13.8. The third-order valence-electron chi connectivity index (χ3n) is 5.83. The normalized spacial score (nSPS) is 15.2. The summed E-state index contributed by atoms with van der Waals surface area (Å²) in [6, 6.07) is 9.32. The SMILES string of the molecule is CCOC(=O)C1=C(C)N=c2s/c(=C/c3ccc(O)c(OC)c3)c(=O)n2[C@H]1c1cccc(OC)c1OCC. The molecular weight excluding hydrogens is 496 g/mol. The molecule has 0 saturated heterocycles. The second-order valence-corrected chi connectivity index (χ2v) is 9.05. The highest BCUT2D eigenvalue weighted by molar-refractivity contribution is 7.07. The average Bonchev–Trinajstić information content (AvgIpc) is 3.18. The van der Waals surface area contributed by atoms with Gasteiger partial charge in [-0.25, -0.2) is 9.79 Å². The summed E-state index contributed by atoms with van der Waals surface area (Å²) in [5.41, 5.74) is 1.61. The second-order valence-electron chi connectivity index (χ2n) is 8.05. The number of benzene rings is 2. The molecule has 1 aliphatic rings. The van der Waals surface area contributed by atoms with Crippen LogP contribution >= 0.6 is 11.3 Å². The third-order valence-corrected chi connectivity index (χ3v) is 6.81. The molecule has 4 rings (SSSR count). The van der Waals surface area contributed by atoms with Crippen molar-refractivity contribution >= 4 is 23.4 Å². The van der Waals surface area contributed by atoms with E-state index >= 15 is 0 Å². The number of phenols is 1. The Morgan fingerprint density at radius 1 is 1.14 bits per heavy atom. The van der Waals surface area contributed by atoms with Crippen LogP contribution in [-0.2, 0) is 9.53 Å². The van der Waals surface area contributed by atoms with Crippen LogP contribution < -0.4 is 29.1 Å². The van der Waals surface area contributed by atoms with Gasteiger partial charge in [0.25, 0.3) is 5.56 Å². The molecule has 2 aromatic carbocycles.